The number of benzene rings is 1. The van der Waals surface area contributed by atoms with Crippen LogP contribution in [0.3, 0.4) is 0 Å². The highest BCUT2D eigenvalue weighted by Crippen LogP contribution is 2.30. The zero-order valence-corrected chi connectivity index (χ0v) is 13.0. The molecule has 1 aliphatic carbocycles. The average molecular weight is 312 g/mol. The molecular formula is C18H20N2O3. The SMILES string of the molecule is O=C(c1c[nH]c2ccccc2c1=O)N(CC1CCOC1)C1CC1. The summed E-state index contributed by atoms with van der Waals surface area (Å²) in [6.07, 6.45) is 4.62. The Morgan fingerprint density at radius 3 is 2.83 bits per heavy atom. The van der Waals surface area contributed by atoms with Gasteiger partial charge in [-0.3, -0.25) is 9.59 Å². The molecule has 1 amide bonds. The number of nitrogens with one attached hydrogen (secondary N) is 1. The molecule has 2 aliphatic rings. The van der Waals surface area contributed by atoms with Gasteiger partial charge in [0.25, 0.3) is 5.91 Å². The standard InChI is InChI=1S/C18H20N2O3/c21-17-14-3-1-2-4-16(14)19-9-15(17)18(22)20(13-5-6-13)10-12-7-8-23-11-12/h1-4,9,12-13H,5-8,10-11H2,(H,19,21). The summed E-state index contributed by atoms with van der Waals surface area (Å²) in [5.74, 6) is 0.241. The van der Waals surface area contributed by atoms with E-state index in [-0.39, 0.29) is 22.9 Å². The Hall–Kier alpha value is -2.14. The summed E-state index contributed by atoms with van der Waals surface area (Å²) in [5, 5.41) is 0.568. The van der Waals surface area contributed by atoms with Crippen molar-refractivity contribution in [2.24, 2.45) is 5.92 Å². The van der Waals surface area contributed by atoms with Crippen molar-refractivity contribution in [3.05, 3.63) is 46.2 Å². The second kappa shape index (κ2) is 5.81. The van der Waals surface area contributed by atoms with Gasteiger partial charge >= 0.3 is 0 Å². The number of hydrogen-bond acceptors (Lipinski definition) is 3. The molecule has 1 saturated heterocycles. The van der Waals surface area contributed by atoms with Crippen molar-refractivity contribution in [3.8, 4) is 0 Å². The quantitative estimate of drug-likeness (QED) is 0.941. The third kappa shape index (κ3) is 2.77. The van der Waals surface area contributed by atoms with Gasteiger partial charge in [0.2, 0.25) is 5.43 Å². The average Bonchev–Trinajstić information content (AvgIpc) is 3.29. The summed E-state index contributed by atoms with van der Waals surface area (Å²) in [6, 6.07) is 7.59. The van der Waals surface area contributed by atoms with Gasteiger partial charge in [-0.25, -0.2) is 0 Å². The van der Waals surface area contributed by atoms with Gasteiger partial charge < -0.3 is 14.6 Å². The lowest BCUT2D eigenvalue weighted by atomic mass is 10.1. The summed E-state index contributed by atoms with van der Waals surface area (Å²) in [6.45, 7) is 2.17. The summed E-state index contributed by atoms with van der Waals surface area (Å²) in [4.78, 5) is 30.6. The normalized spacial score (nSPS) is 20.8. The van der Waals surface area contributed by atoms with E-state index in [9.17, 15) is 9.59 Å². The van der Waals surface area contributed by atoms with Gasteiger partial charge in [0.15, 0.2) is 0 Å². The maximum atomic E-state index is 12.9. The first-order valence-corrected chi connectivity index (χ1v) is 8.23. The number of nitrogens with zero attached hydrogens (tertiary/aromatic N) is 1. The molecule has 0 radical (unpaired) electrons. The van der Waals surface area contributed by atoms with Crippen LogP contribution in [-0.4, -0.2) is 41.6 Å². The number of aromatic amines is 1. The van der Waals surface area contributed by atoms with E-state index in [0.717, 1.165) is 31.4 Å². The van der Waals surface area contributed by atoms with Gasteiger partial charge in [-0.15, -0.1) is 0 Å². The highest BCUT2D eigenvalue weighted by atomic mass is 16.5. The largest absolute Gasteiger partial charge is 0.381 e. The monoisotopic (exact) mass is 312 g/mol. The molecule has 2 aromatic rings. The van der Waals surface area contributed by atoms with Crippen LogP contribution in [0.25, 0.3) is 10.9 Å². The number of para-hydroxylation sites is 1. The number of amides is 1. The molecule has 2 heterocycles. The fourth-order valence-electron chi connectivity index (χ4n) is 3.27. The molecule has 23 heavy (non-hydrogen) atoms. The number of aromatic nitrogens is 1. The van der Waals surface area contributed by atoms with Crippen LogP contribution in [0.2, 0.25) is 0 Å². The fraction of sp³-hybridized carbons (Fsp3) is 0.444. The van der Waals surface area contributed by atoms with E-state index < -0.39 is 0 Å². The second-order valence-electron chi connectivity index (χ2n) is 6.50. The molecule has 1 N–H and O–H groups in total. The Bertz CT molecular complexity index is 788. The Morgan fingerprint density at radius 1 is 1.26 bits per heavy atom. The third-order valence-electron chi connectivity index (χ3n) is 4.75. The maximum Gasteiger partial charge on any atom is 0.259 e. The summed E-state index contributed by atoms with van der Waals surface area (Å²) in [7, 11) is 0. The molecule has 1 aromatic carbocycles. The molecule has 4 rings (SSSR count). The van der Waals surface area contributed by atoms with E-state index in [2.05, 4.69) is 4.98 Å². The van der Waals surface area contributed by atoms with Gasteiger partial charge in [-0.05, 0) is 31.4 Å². The summed E-state index contributed by atoms with van der Waals surface area (Å²) < 4.78 is 5.42. The van der Waals surface area contributed by atoms with Crippen LogP contribution in [0, 0.1) is 5.92 Å². The van der Waals surface area contributed by atoms with Crippen molar-refractivity contribution >= 4 is 16.8 Å². The molecule has 120 valence electrons. The predicted octanol–water partition coefficient (Wildman–Crippen LogP) is 2.17. The zero-order chi connectivity index (χ0) is 15.8. The smallest absolute Gasteiger partial charge is 0.259 e. The molecule has 1 unspecified atom stereocenters. The van der Waals surface area contributed by atoms with Crippen LogP contribution in [0.4, 0.5) is 0 Å². The predicted molar refractivity (Wildman–Crippen MR) is 87.6 cm³/mol. The first kappa shape index (κ1) is 14.5. The van der Waals surface area contributed by atoms with Crippen LogP contribution in [0.5, 0.6) is 0 Å². The van der Waals surface area contributed by atoms with Crippen molar-refractivity contribution < 1.29 is 9.53 Å². The van der Waals surface area contributed by atoms with E-state index in [4.69, 9.17) is 4.74 Å². The van der Waals surface area contributed by atoms with Crippen LogP contribution >= 0.6 is 0 Å². The topological polar surface area (TPSA) is 62.4 Å². The fourth-order valence-corrected chi connectivity index (χ4v) is 3.27. The number of rotatable bonds is 4. The molecule has 5 nitrogen and oxygen atoms in total. The molecule has 5 heteroatoms. The van der Waals surface area contributed by atoms with E-state index in [0.29, 0.717) is 24.5 Å². The maximum absolute atomic E-state index is 12.9. The third-order valence-corrected chi connectivity index (χ3v) is 4.75. The molecule has 1 aromatic heterocycles. The van der Waals surface area contributed by atoms with Crippen molar-refractivity contribution in [3.63, 3.8) is 0 Å². The zero-order valence-electron chi connectivity index (χ0n) is 13.0. The number of hydrogen-bond donors (Lipinski definition) is 1. The van der Waals surface area contributed by atoms with Crippen LogP contribution in [0.1, 0.15) is 29.6 Å². The first-order valence-electron chi connectivity index (χ1n) is 8.23. The van der Waals surface area contributed by atoms with Crippen LogP contribution in [0.15, 0.2) is 35.3 Å². The molecule has 0 spiro atoms. The lowest BCUT2D eigenvalue weighted by molar-refractivity contribution is 0.0705. The number of ether oxygens (including phenoxy) is 1. The van der Waals surface area contributed by atoms with Gasteiger partial charge in [-0.1, -0.05) is 12.1 Å². The summed E-state index contributed by atoms with van der Waals surface area (Å²) >= 11 is 0. The first-order chi connectivity index (χ1) is 11.2. The van der Waals surface area contributed by atoms with Crippen molar-refractivity contribution in [2.75, 3.05) is 19.8 Å². The van der Waals surface area contributed by atoms with Gasteiger partial charge in [0.1, 0.15) is 5.56 Å². The summed E-state index contributed by atoms with van der Waals surface area (Å²) in [5.41, 5.74) is 0.823. The molecule has 1 atom stereocenters. The lowest BCUT2D eigenvalue weighted by Crippen LogP contribution is -2.39. The number of carbonyl (C=O) groups excluding carboxylic acids is 1. The number of carbonyl (C=O) groups is 1. The van der Waals surface area contributed by atoms with Crippen LogP contribution < -0.4 is 5.43 Å². The van der Waals surface area contributed by atoms with E-state index >= 15 is 0 Å². The van der Waals surface area contributed by atoms with Gasteiger partial charge in [0, 0.05) is 42.2 Å². The molecule has 2 fully saturated rings. The number of fused-ring (bicyclic) bond motifs is 1. The molecule has 0 bridgehead atoms. The Morgan fingerprint density at radius 2 is 2.09 bits per heavy atom. The molecule has 1 saturated carbocycles. The van der Waals surface area contributed by atoms with Gasteiger partial charge in [-0.2, -0.15) is 0 Å². The molecule has 1 aliphatic heterocycles. The Labute approximate surface area is 134 Å². The second-order valence-corrected chi connectivity index (χ2v) is 6.50. The molecular weight excluding hydrogens is 292 g/mol. The van der Waals surface area contributed by atoms with Crippen LogP contribution in [-0.2, 0) is 4.74 Å². The minimum absolute atomic E-state index is 0.147. The number of H-pyrrole nitrogens is 1. The number of pyridine rings is 1. The highest BCUT2D eigenvalue weighted by Gasteiger charge is 2.36. The Kier molecular flexibility index (Phi) is 3.65. The van der Waals surface area contributed by atoms with E-state index in [1.165, 1.54) is 0 Å². The van der Waals surface area contributed by atoms with Gasteiger partial charge in [0.05, 0.1) is 6.61 Å². The van der Waals surface area contributed by atoms with Crippen molar-refractivity contribution in [1.82, 2.24) is 9.88 Å². The van der Waals surface area contributed by atoms with E-state index in [1.54, 1.807) is 12.3 Å². The Balaban J connectivity index is 1.66. The minimum Gasteiger partial charge on any atom is -0.381 e. The lowest BCUT2D eigenvalue weighted by Gasteiger charge is -2.25. The highest BCUT2D eigenvalue weighted by molar-refractivity contribution is 5.97. The van der Waals surface area contributed by atoms with Crippen molar-refractivity contribution in [2.45, 2.75) is 25.3 Å². The van der Waals surface area contributed by atoms with Crippen molar-refractivity contribution in [1.29, 1.82) is 0 Å². The minimum atomic E-state index is -0.183. The van der Waals surface area contributed by atoms with E-state index in [1.807, 2.05) is 23.1 Å².